The average molecular weight is 320 g/mol. The Kier molecular flexibility index (Phi) is 4.44. The Bertz CT molecular complexity index is 615. The highest BCUT2D eigenvalue weighted by Crippen LogP contribution is 2.34. The summed E-state index contributed by atoms with van der Waals surface area (Å²) in [6.07, 6.45) is -0.157. The van der Waals surface area contributed by atoms with Crippen molar-refractivity contribution in [3.63, 3.8) is 0 Å². The number of hydrogen-bond acceptors (Lipinski definition) is 6. The minimum Gasteiger partial charge on any atom is -0.462 e. The van der Waals surface area contributed by atoms with Gasteiger partial charge in [0.15, 0.2) is 0 Å². The van der Waals surface area contributed by atoms with E-state index in [1.54, 1.807) is 19.9 Å². The number of benzene rings is 1. The number of fused-ring (bicyclic) bond motifs is 1. The normalized spacial score (nSPS) is 11.0. The summed E-state index contributed by atoms with van der Waals surface area (Å²) in [5.41, 5.74) is 1.66. The van der Waals surface area contributed by atoms with Crippen molar-refractivity contribution in [2.75, 3.05) is 11.9 Å². The lowest BCUT2D eigenvalue weighted by atomic mass is 10.2. The lowest BCUT2D eigenvalue weighted by Gasteiger charge is -2.11. The highest BCUT2D eigenvalue weighted by atomic mass is 35.5. The van der Waals surface area contributed by atoms with Crippen molar-refractivity contribution in [1.82, 2.24) is 8.75 Å². The predicted octanol–water partition coefficient (Wildman–Crippen LogP) is 3.36. The predicted molar refractivity (Wildman–Crippen MR) is 77.2 cm³/mol. The third kappa shape index (κ3) is 3.26. The Morgan fingerprint density at radius 1 is 1.37 bits per heavy atom. The largest absolute Gasteiger partial charge is 0.462 e. The van der Waals surface area contributed by atoms with Crippen LogP contribution in [0.3, 0.4) is 0 Å². The van der Waals surface area contributed by atoms with Gasteiger partial charge in [-0.1, -0.05) is 23.2 Å². The van der Waals surface area contributed by atoms with Crippen LogP contribution in [0.25, 0.3) is 11.0 Å². The number of carbonyl (C=O) groups is 1. The van der Waals surface area contributed by atoms with Gasteiger partial charge in [0.1, 0.15) is 17.6 Å². The third-order valence-corrected chi connectivity index (χ3v) is 3.34. The monoisotopic (exact) mass is 319 g/mol. The molecule has 0 unspecified atom stereocenters. The lowest BCUT2D eigenvalue weighted by Crippen LogP contribution is -2.20. The van der Waals surface area contributed by atoms with Gasteiger partial charge in [-0.25, -0.2) is 0 Å². The van der Waals surface area contributed by atoms with Crippen molar-refractivity contribution >= 4 is 57.6 Å². The second-order valence-corrected chi connectivity index (χ2v) is 5.41. The molecule has 1 N–H and O–H groups in total. The third-order valence-electron chi connectivity index (χ3n) is 2.22. The smallest absolute Gasteiger partial charge is 0.325 e. The van der Waals surface area contributed by atoms with Gasteiger partial charge in [-0.3, -0.25) is 4.79 Å². The summed E-state index contributed by atoms with van der Waals surface area (Å²) in [5.74, 6) is -0.364. The Hall–Kier alpha value is -1.11. The summed E-state index contributed by atoms with van der Waals surface area (Å²) in [5, 5.41) is 3.74. The van der Waals surface area contributed by atoms with Gasteiger partial charge in [0.2, 0.25) is 0 Å². The van der Waals surface area contributed by atoms with E-state index in [2.05, 4.69) is 14.1 Å². The summed E-state index contributed by atoms with van der Waals surface area (Å²) in [6, 6.07) is 1.57. The quantitative estimate of drug-likeness (QED) is 0.875. The Morgan fingerprint density at radius 2 is 2.05 bits per heavy atom. The first-order valence-corrected chi connectivity index (χ1v) is 7.01. The Balaban J connectivity index is 2.21. The van der Waals surface area contributed by atoms with Crippen molar-refractivity contribution in [2.24, 2.45) is 0 Å². The first kappa shape index (κ1) is 14.3. The van der Waals surface area contributed by atoms with Gasteiger partial charge in [0.05, 0.1) is 33.6 Å². The average Bonchev–Trinajstić information content (AvgIpc) is 2.76. The van der Waals surface area contributed by atoms with Gasteiger partial charge >= 0.3 is 5.97 Å². The molecule has 0 fully saturated rings. The van der Waals surface area contributed by atoms with Gasteiger partial charge in [0, 0.05) is 0 Å². The van der Waals surface area contributed by atoms with Crippen molar-refractivity contribution in [3.05, 3.63) is 16.1 Å². The van der Waals surface area contributed by atoms with E-state index >= 15 is 0 Å². The molecule has 0 radical (unpaired) electrons. The van der Waals surface area contributed by atoms with E-state index in [0.717, 1.165) is 11.7 Å². The maximum atomic E-state index is 11.5. The number of ether oxygens (including phenoxy) is 1. The Morgan fingerprint density at radius 3 is 2.74 bits per heavy atom. The second-order valence-electron chi connectivity index (χ2n) is 4.07. The van der Waals surface area contributed by atoms with Crippen LogP contribution in [-0.2, 0) is 9.53 Å². The molecule has 0 spiro atoms. The molecule has 5 nitrogen and oxygen atoms in total. The molecule has 0 aliphatic heterocycles. The number of aromatic nitrogens is 2. The van der Waals surface area contributed by atoms with E-state index < -0.39 is 0 Å². The number of rotatable bonds is 4. The molecule has 19 heavy (non-hydrogen) atoms. The molecule has 0 aliphatic rings. The molecular weight excluding hydrogens is 309 g/mol. The first-order valence-electron chi connectivity index (χ1n) is 5.52. The van der Waals surface area contributed by atoms with E-state index in [4.69, 9.17) is 27.9 Å². The number of halogens is 2. The number of anilines is 1. The minimum absolute atomic E-state index is 0.00611. The molecule has 0 amide bonds. The molecule has 0 aliphatic carbocycles. The fourth-order valence-electron chi connectivity index (χ4n) is 1.51. The van der Waals surface area contributed by atoms with Crippen LogP contribution < -0.4 is 5.32 Å². The minimum atomic E-state index is -0.364. The summed E-state index contributed by atoms with van der Waals surface area (Å²) in [6.45, 7) is 3.58. The summed E-state index contributed by atoms with van der Waals surface area (Å²) >= 11 is 13.1. The van der Waals surface area contributed by atoms with Gasteiger partial charge in [-0.15, -0.1) is 0 Å². The lowest BCUT2D eigenvalue weighted by molar-refractivity contribution is -0.145. The molecule has 1 aromatic carbocycles. The standard InChI is InChI=1S/C11H11Cl2N3O2S/c1-5(2)18-8(17)4-14-9-6(12)3-7(13)10-11(9)16-19-15-10/h3,5,14H,4H2,1-2H3. The van der Waals surface area contributed by atoms with Crippen LogP contribution in [-0.4, -0.2) is 27.4 Å². The van der Waals surface area contributed by atoms with Crippen LogP contribution in [0, 0.1) is 0 Å². The molecule has 1 aromatic heterocycles. The maximum absolute atomic E-state index is 11.5. The SMILES string of the molecule is CC(C)OC(=O)CNc1c(Cl)cc(Cl)c2nsnc12. The fourth-order valence-corrected chi connectivity index (χ4v) is 2.69. The topological polar surface area (TPSA) is 64.1 Å². The highest BCUT2D eigenvalue weighted by molar-refractivity contribution is 7.00. The zero-order valence-corrected chi connectivity index (χ0v) is 12.6. The first-order chi connectivity index (χ1) is 8.99. The number of nitrogens with one attached hydrogen (secondary N) is 1. The molecule has 0 bridgehead atoms. The summed E-state index contributed by atoms with van der Waals surface area (Å²) in [7, 11) is 0. The van der Waals surface area contributed by atoms with Gasteiger partial charge in [-0.2, -0.15) is 8.75 Å². The number of esters is 1. The molecule has 2 rings (SSSR count). The molecular formula is C11H11Cl2N3O2S. The van der Waals surface area contributed by atoms with Crippen molar-refractivity contribution in [1.29, 1.82) is 0 Å². The molecule has 1 heterocycles. The van der Waals surface area contributed by atoms with Crippen LogP contribution >= 0.6 is 34.9 Å². The van der Waals surface area contributed by atoms with Crippen LogP contribution in [0.1, 0.15) is 13.8 Å². The van der Waals surface area contributed by atoms with Gasteiger partial charge < -0.3 is 10.1 Å². The van der Waals surface area contributed by atoms with E-state index in [9.17, 15) is 4.79 Å². The van der Waals surface area contributed by atoms with Crippen molar-refractivity contribution in [3.8, 4) is 0 Å². The van der Waals surface area contributed by atoms with E-state index in [0.29, 0.717) is 26.8 Å². The summed E-state index contributed by atoms with van der Waals surface area (Å²) in [4.78, 5) is 11.5. The molecule has 0 atom stereocenters. The van der Waals surface area contributed by atoms with Crippen molar-refractivity contribution < 1.29 is 9.53 Å². The Labute approximate surface area is 124 Å². The highest BCUT2D eigenvalue weighted by Gasteiger charge is 2.15. The zero-order chi connectivity index (χ0) is 14.0. The molecule has 102 valence electrons. The van der Waals surface area contributed by atoms with E-state index in [1.807, 2.05) is 0 Å². The number of hydrogen-bond donors (Lipinski definition) is 1. The van der Waals surface area contributed by atoms with Gasteiger partial charge in [-0.05, 0) is 19.9 Å². The molecule has 8 heteroatoms. The second kappa shape index (κ2) is 5.90. The molecule has 0 saturated heterocycles. The number of nitrogens with zero attached hydrogens (tertiary/aromatic N) is 2. The fraction of sp³-hybridized carbons (Fsp3) is 0.364. The van der Waals surface area contributed by atoms with Crippen LogP contribution in [0.2, 0.25) is 10.0 Å². The van der Waals surface area contributed by atoms with E-state index in [-0.39, 0.29) is 18.6 Å². The summed E-state index contributed by atoms with van der Waals surface area (Å²) < 4.78 is 13.2. The van der Waals surface area contributed by atoms with Crippen LogP contribution in [0.15, 0.2) is 6.07 Å². The molecule has 0 saturated carbocycles. The van der Waals surface area contributed by atoms with Crippen molar-refractivity contribution in [2.45, 2.75) is 20.0 Å². The van der Waals surface area contributed by atoms with Crippen LogP contribution in [0.5, 0.6) is 0 Å². The molecule has 2 aromatic rings. The van der Waals surface area contributed by atoms with Crippen LogP contribution in [0.4, 0.5) is 5.69 Å². The zero-order valence-electron chi connectivity index (χ0n) is 10.2. The number of carbonyl (C=O) groups excluding carboxylic acids is 1. The van der Waals surface area contributed by atoms with Gasteiger partial charge in [0.25, 0.3) is 0 Å². The maximum Gasteiger partial charge on any atom is 0.325 e. The van der Waals surface area contributed by atoms with E-state index in [1.165, 1.54) is 0 Å².